The molecule has 0 aliphatic heterocycles. The number of anilines is 2. The van der Waals surface area contributed by atoms with Crippen molar-refractivity contribution in [3.05, 3.63) is 58.9 Å². The number of carbonyl (C=O) groups excluding carboxylic acids is 2. The Balaban J connectivity index is 1.91. The highest BCUT2D eigenvalue weighted by atomic mass is 35.5. The Morgan fingerprint density at radius 3 is 2.41 bits per heavy atom. The molecule has 0 unspecified atom stereocenters. The molecule has 0 spiro atoms. The number of benzene rings is 2. The zero-order valence-corrected chi connectivity index (χ0v) is 16.2. The first-order valence-corrected chi connectivity index (χ1v) is 8.98. The maximum absolute atomic E-state index is 13.7. The molecule has 0 saturated carbocycles. The van der Waals surface area contributed by atoms with Gasteiger partial charge in [-0.05, 0) is 63.2 Å². The Morgan fingerprint density at radius 1 is 1.19 bits per heavy atom. The molecular formula is C20H22ClFN2O3. The second-order valence-electron chi connectivity index (χ2n) is 6.18. The summed E-state index contributed by atoms with van der Waals surface area (Å²) in [6.45, 7) is 6.65. The van der Waals surface area contributed by atoms with E-state index in [1.807, 2.05) is 12.1 Å². The third-order valence-corrected chi connectivity index (χ3v) is 4.17. The smallest absolute Gasteiger partial charge is 0.341 e. The molecule has 0 saturated heterocycles. The van der Waals surface area contributed by atoms with Crippen molar-refractivity contribution < 1.29 is 18.7 Å². The Kier molecular flexibility index (Phi) is 7.19. The minimum absolute atomic E-state index is 0.171. The molecule has 2 aromatic carbocycles. The van der Waals surface area contributed by atoms with Gasteiger partial charge in [-0.1, -0.05) is 11.6 Å². The highest BCUT2D eigenvalue weighted by Gasteiger charge is 2.15. The Hall–Kier alpha value is -2.60. The van der Waals surface area contributed by atoms with Gasteiger partial charge in [0.2, 0.25) is 0 Å². The largest absolute Gasteiger partial charge is 0.452 e. The molecule has 0 heterocycles. The highest BCUT2D eigenvalue weighted by Crippen LogP contribution is 2.20. The lowest BCUT2D eigenvalue weighted by Gasteiger charge is -2.27. The van der Waals surface area contributed by atoms with Crippen LogP contribution < -0.4 is 10.2 Å². The first-order chi connectivity index (χ1) is 12.8. The van der Waals surface area contributed by atoms with E-state index in [0.717, 1.165) is 18.3 Å². The van der Waals surface area contributed by atoms with Crippen molar-refractivity contribution in [1.29, 1.82) is 0 Å². The van der Waals surface area contributed by atoms with E-state index in [-0.39, 0.29) is 10.6 Å². The summed E-state index contributed by atoms with van der Waals surface area (Å²) < 4.78 is 18.5. The standard InChI is InChI=1S/C20H22ClFN2O3/c1-4-24(13(2)3)16-8-6-15(7-9-16)23-19(25)12-27-20(26)17-10-5-14(21)11-18(17)22/h5-11,13H,4,12H2,1-3H3,(H,23,25). The van der Waals surface area contributed by atoms with Crippen LogP contribution in [0, 0.1) is 5.82 Å². The number of nitrogens with one attached hydrogen (secondary N) is 1. The first-order valence-electron chi connectivity index (χ1n) is 8.60. The molecule has 1 amide bonds. The number of halogens is 2. The fraction of sp³-hybridized carbons (Fsp3) is 0.300. The Labute approximate surface area is 163 Å². The van der Waals surface area contributed by atoms with E-state index in [1.165, 1.54) is 12.1 Å². The van der Waals surface area contributed by atoms with Crippen molar-refractivity contribution in [3.8, 4) is 0 Å². The molecule has 27 heavy (non-hydrogen) atoms. The number of amides is 1. The van der Waals surface area contributed by atoms with Crippen molar-refractivity contribution in [2.75, 3.05) is 23.4 Å². The lowest BCUT2D eigenvalue weighted by molar-refractivity contribution is -0.119. The number of esters is 1. The molecule has 0 radical (unpaired) electrons. The van der Waals surface area contributed by atoms with Crippen molar-refractivity contribution in [2.24, 2.45) is 0 Å². The van der Waals surface area contributed by atoms with Crippen LogP contribution in [0.2, 0.25) is 5.02 Å². The molecule has 2 rings (SSSR count). The van der Waals surface area contributed by atoms with Crippen LogP contribution in [-0.4, -0.2) is 31.1 Å². The fourth-order valence-corrected chi connectivity index (χ4v) is 2.80. The fourth-order valence-electron chi connectivity index (χ4n) is 2.64. The maximum Gasteiger partial charge on any atom is 0.341 e. The van der Waals surface area contributed by atoms with Gasteiger partial charge in [-0.25, -0.2) is 9.18 Å². The van der Waals surface area contributed by atoms with Gasteiger partial charge >= 0.3 is 5.97 Å². The predicted octanol–water partition coefficient (Wildman–Crippen LogP) is 4.51. The minimum atomic E-state index is -0.926. The van der Waals surface area contributed by atoms with Crippen LogP contribution in [0.5, 0.6) is 0 Å². The van der Waals surface area contributed by atoms with Gasteiger partial charge in [0, 0.05) is 29.0 Å². The van der Waals surface area contributed by atoms with Gasteiger partial charge in [0.25, 0.3) is 5.91 Å². The van der Waals surface area contributed by atoms with Gasteiger partial charge in [-0.2, -0.15) is 0 Å². The molecule has 144 valence electrons. The lowest BCUT2D eigenvalue weighted by atomic mass is 10.2. The molecule has 2 aromatic rings. The zero-order valence-electron chi connectivity index (χ0n) is 15.5. The summed E-state index contributed by atoms with van der Waals surface area (Å²) in [7, 11) is 0. The van der Waals surface area contributed by atoms with Gasteiger partial charge in [-0.3, -0.25) is 4.79 Å². The number of hydrogen-bond donors (Lipinski definition) is 1. The molecule has 0 bridgehead atoms. The highest BCUT2D eigenvalue weighted by molar-refractivity contribution is 6.30. The number of rotatable bonds is 7. The van der Waals surface area contributed by atoms with Crippen molar-refractivity contribution in [2.45, 2.75) is 26.8 Å². The SMILES string of the molecule is CCN(c1ccc(NC(=O)COC(=O)c2ccc(Cl)cc2F)cc1)C(C)C. The topological polar surface area (TPSA) is 58.6 Å². The molecule has 0 aliphatic rings. The van der Waals surface area contributed by atoms with E-state index >= 15 is 0 Å². The van der Waals surface area contributed by atoms with Crippen LogP contribution in [0.4, 0.5) is 15.8 Å². The van der Waals surface area contributed by atoms with E-state index in [2.05, 4.69) is 31.0 Å². The second-order valence-corrected chi connectivity index (χ2v) is 6.61. The van der Waals surface area contributed by atoms with Gasteiger partial charge in [-0.15, -0.1) is 0 Å². The molecule has 0 fully saturated rings. The molecular weight excluding hydrogens is 371 g/mol. The predicted molar refractivity (Wildman–Crippen MR) is 105 cm³/mol. The summed E-state index contributed by atoms with van der Waals surface area (Å²) in [6, 6.07) is 11.3. The van der Waals surface area contributed by atoms with Crippen LogP contribution in [0.15, 0.2) is 42.5 Å². The third-order valence-electron chi connectivity index (χ3n) is 3.93. The van der Waals surface area contributed by atoms with Crippen LogP contribution in [0.25, 0.3) is 0 Å². The van der Waals surface area contributed by atoms with E-state index in [4.69, 9.17) is 16.3 Å². The Bertz CT molecular complexity index is 809. The van der Waals surface area contributed by atoms with Gasteiger partial charge in [0.15, 0.2) is 6.61 Å². The monoisotopic (exact) mass is 392 g/mol. The number of ether oxygens (including phenoxy) is 1. The average molecular weight is 393 g/mol. The summed E-state index contributed by atoms with van der Waals surface area (Å²) in [6.07, 6.45) is 0. The molecule has 0 aliphatic carbocycles. The summed E-state index contributed by atoms with van der Waals surface area (Å²) in [5, 5.41) is 2.81. The molecule has 0 atom stereocenters. The summed E-state index contributed by atoms with van der Waals surface area (Å²) in [5.41, 5.74) is 1.36. The average Bonchev–Trinajstić information content (AvgIpc) is 2.61. The molecule has 7 heteroatoms. The van der Waals surface area contributed by atoms with Crippen LogP contribution in [0.3, 0.4) is 0 Å². The summed E-state index contributed by atoms with van der Waals surface area (Å²) in [5.74, 6) is -2.24. The van der Waals surface area contributed by atoms with E-state index in [0.29, 0.717) is 11.7 Å². The number of carbonyl (C=O) groups is 2. The number of nitrogens with zero attached hydrogens (tertiary/aromatic N) is 1. The van der Waals surface area contributed by atoms with E-state index < -0.39 is 24.3 Å². The van der Waals surface area contributed by atoms with Crippen molar-refractivity contribution in [3.63, 3.8) is 0 Å². The van der Waals surface area contributed by atoms with E-state index in [1.54, 1.807) is 12.1 Å². The maximum atomic E-state index is 13.7. The second kappa shape index (κ2) is 9.37. The van der Waals surface area contributed by atoms with Crippen LogP contribution in [0.1, 0.15) is 31.1 Å². The minimum Gasteiger partial charge on any atom is -0.452 e. The molecule has 0 aromatic heterocycles. The molecule has 5 nitrogen and oxygen atoms in total. The quantitative estimate of drug-likeness (QED) is 0.704. The summed E-state index contributed by atoms with van der Waals surface area (Å²) in [4.78, 5) is 26.0. The lowest BCUT2D eigenvalue weighted by Crippen LogP contribution is -2.30. The van der Waals surface area contributed by atoms with Crippen molar-refractivity contribution in [1.82, 2.24) is 0 Å². The normalized spacial score (nSPS) is 10.6. The van der Waals surface area contributed by atoms with Gasteiger partial charge in [0.1, 0.15) is 5.82 Å². The number of hydrogen-bond acceptors (Lipinski definition) is 4. The van der Waals surface area contributed by atoms with E-state index in [9.17, 15) is 14.0 Å². The zero-order chi connectivity index (χ0) is 20.0. The third kappa shape index (κ3) is 5.69. The first kappa shape index (κ1) is 20.7. The van der Waals surface area contributed by atoms with Gasteiger partial charge < -0.3 is 15.0 Å². The van der Waals surface area contributed by atoms with Crippen LogP contribution in [-0.2, 0) is 9.53 Å². The van der Waals surface area contributed by atoms with Gasteiger partial charge in [0.05, 0.1) is 5.56 Å². The molecule has 1 N–H and O–H groups in total. The Morgan fingerprint density at radius 2 is 1.85 bits per heavy atom. The van der Waals surface area contributed by atoms with Crippen LogP contribution >= 0.6 is 11.6 Å². The van der Waals surface area contributed by atoms with Crippen molar-refractivity contribution >= 4 is 34.9 Å². The summed E-state index contributed by atoms with van der Waals surface area (Å²) >= 11 is 5.64.